The van der Waals surface area contributed by atoms with Crippen molar-refractivity contribution in [2.75, 3.05) is 0 Å². The molecule has 0 aliphatic heterocycles. The quantitative estimate of drug-likeness (QED) is 0.303. The fourth-order valence-electron chi connectivity index (χ4n) is 13.2. The van der Waals surface area contributed by atoms with Crippen LogP contribution < -0.4 is 0 Å². The fraction of sp³-hybridized carbons (Fsp3) is 0.643. The number of rotatable bonds is 5. The lowest BCUT2D eigenvalue weighted by Gasteiger charge is -2.69. The van der Waals surface area contributed by atoms with Gasteiger partial charge in [0.05, 0.1) is 24.2 Å². The summed E-state index contributed by atoms with van der Waals surface area (Å²) in [5.41, 5.74) is 5.42. The summed E-state index contributed by atoms with van der Waals surface area (Å²) in [7, 11) is 0. The van der Waals surface area contributed by atoms with Crippen LogP contribution in [0.1, 0.15) is 121 Å². The van der Waals surface area contributed by atoms with Crippen LogP contribution in [0.15, 0.2) is 53.1 Å². The summed E-state index contributed by atoms with van der Waals surface area (Å²) in [6, 6.07) is 18.7. The number of aliphatic hydroxyl groups excluding tert-OH is 1. The Morgan fingerprint density at radius 2 is 1.64 bits per heavy atom. The Labute approximate surface area is 281 Å². The standard InChI is InChI=1S/C42H53N3O2/c1-39(2)34-17-20-40(3)32-16-22-42(19-6-9-33(42)31(32)14-15-35(40)41(34,4)21-18-36(39)46)25-29-7-5-8-30(23-29)38-44-37(47-45-38)24-27-10-12-28(26-43)13-11-27/h5,7-8,10-13,23,31-36,46H,6,9,14-22,24-25H2,1-4H3. The molecule has 2 aromatic carbocycles. The molecule has 0 radical (unpaired) electrons. The van der Waals surface area contributed by atoms with Crippen molar-refractivity contribution in [2.45, 2.75) is 117 Å². The number of hydrogen-bond acceptors (Lipinski definition) is 5. The van der Waals surface area contributed by atoms with E-state index in [2.05, 4.69) is 63.2 Å². The summed E-state index contributed by atoms with van der Waals surface area (Å²) < 4.78 is 5.67. The van der Waals surface area contributed by atoms with Crippen molar-refractivity contribution in [1.82, 2.24) is 10.1 Å². The number of fused-ring (bicyclic) bond motifs is 7. The van der Waals surface area contributed by atoms with E-state index in [0.29, 0.717) is 45.9 Å². The summed E-state index contributed by atoms with van der Waals surface area (Å²) in [4.78, 5) is 4.76. The highest BCUT2D eigenvalue weighted by Crippen LogP contribution is 2.73. The Balaban J connectivity index is 0.999. The van der Waals surface area contributed by atoms with E-state index in [1.165, 1.54) is 69.8 Å². The molecule has 5 nitrogen and oxygen atoms in total. The number of aliphatic hydroxyl groups is 1. The van der Waals surface area contributed by atoms with Crippen molar-refractivity contribution in [2.24, 2.45) is 51.2 Å². The number of benzene rings is 2. The molecule has 5 aliphatic rings. The van der Waals surface area contributed by atoms with E-state index in [1.807, 2.05) is 24.3 Å². The molecule has 9 unspecified atom stereocenters. The van der Waals surface area contributed by atoms with Crippen LogP contribution in [0.25, 0.3) is 11.4 Å². The van der Waals surface area contributed by atoms with Gasteiger partial charge in [-0.3, -0.25) is 0 Å². The summed E-state index contributed by atoms with van der Waals surface area (Å²) in [6.45, 7) is 10.1. The second kappa shape index (κ2) is 11.3. The average Bonchev–Trinajstić information content (AvgIpc) is 3.71. The monoisotopic (exact) mass is 631 g/mol. The van der Waals surface area contributed by atoms with Crippen molar-refractivity contribution in [3.8, 4) is 17.5 Å². The van der Waals surface area contributed by atoms with E-state index < -0.39 is 0 Å². The van der Waals surface area contributed by atoms with Gasteiger partial charge in [-0.1, -0.05) is 69.6 Å². The zero-order valence-corrected chi connectivity index (χ0v) is 29.0. The molecule has 0 saturated heterocycles. The lowest BCUT2D eigenvalue weighted by atomic mass is 9.36. The SMILES string of the molecule is CC1(C)C(O)CCC2(C)C1CCC1(C)C3CCC4(Cc5cccc(-c6noc(Cc7ccc(C#N)cc7)n6)c5)CCCC4C3CCC12. The van der Waals surface area contributed by atoms with Gasteiger partial charge in [0.1, 0.15) is 0 Å². The second-order valence-electron chi connectivity index (χ2n) is 17.7. The van der Waals surface area contributed by atoms with Crippen LogP contribution in [0.5, 0.6) is 0 Å². The number of hydrogen-bond donors (Lipinski definition) is 1. The predicted octanol–water partition coefficient (Wildman–Crippen LogP) is 9.57. The zero-order chi connectivity index (χ0) is 32.6. The van der Waals surface area contributed by atoms with Crippen LogP contribution in [0.4, 0.5) is 0 Å². The molecule has 3 aromatic rings. The Bertz CT molecular complexity index is 1670. The van der Waals surface area contributed by atoms with E-state index in [4.69, 9.17) is 14.8 Å². The van der Waals surface area contributed by atoms with Gasteiger partial charge < -0.3 is 9.63 Å². The van der Waals surface area contributed by atoms with Crippen LogP contribution in [0, 0.1) is 62.6 Å². The van der Waals surface area contributed by atoms with E-state index in [0.717, 1.165) is 47.6 Å². The van der Waals surface area contributed by atoms with Crippen LogP contribution in [0.2, 0.25) is 0 Å². The molecule has 248 valence electrons. The minimum atomic E-state index is -0.149. The molecule has 5 fully saturated rings. The van der Waals surface area contributed by atoms with E-state index in [-0.39, 0.29) is 11.5 Å². The van der Waals surface area contributed by atoms with Crippen molar-refractivity contribution >= 4 is 0 Å². The summed E-state index contributed by atoms with van der Waals surface area (Å²) in [6.07, 6.45) is 16.1. The maximum atomic E-state index is 11.0. The normalized spacial score (nSPS) is 38.8. The van der Waals surface area contributed by atoms with Gasteiger partial charge in [-0.05, 0) is 151 Å². The Morgan fingerprint density at radius 1 is 0.830 bits per heavy atom. The van der Waals surface area contributed by atoms with Crippen molar-refractivity contribution in [3.05, 3.63) is 71.1 Å². The first-order valence-corrected chi connectivity index (χ1v) is 18.6. The molecule has 5 aliphatic carbocycles. The first kappa shape index (κ1) is 31.3. The topological polar surface area (TPSA) is 82.9 Å². The highest BCUT2D eigenvalue weighted by Gasteiger charge is 2.66. The number of aromatic nitrogens is 2. The van der Waals surface area contributed by atoms with Crippen molar-refractivity contribution < 1.29 is 9.63 Å². The molecule has 0 amide bonds. The van der Waals surface area contributed by atoms with E-state index in [1.54, 1.807) is 0 Å². The van der Waals surface area contributed by atoms with Gasteiger partial charge in [-0.2, -0.15) is 10.2 Å². The molecule has 9 atom stereocenters. The molecule has 1 N–H and O–H groups in total. The van der Waals surface area contributed by atoms with Gasteiger partial charge in [0.2, 0.25) is 11.7 Å². The fourth-order valence-corrected chi connectivity index (χ4v) is 13.2. The summed E-state index contributed by atoms with van der Waals surface area (Å²) in [5.74, 6) is 5.24. The smallest absolute Gasteiger partial charge is 0.231 e. The van der Waals surface area contributed by atoms with Gasteiger partial charge in [-0.25, -0.2) is 0 Å². The Morgan fingerprint density at radius 3 is 2.45 bits per heavy atom. The Kier molecular flexibility index (Phi) is 7.52. The maximum Gasteiger partial charge on any atom is 0.231 e. The first-order valence-electron chi connectivity index (χ1n) is 18.6. The molecule has 5 heteroatoms. The predicted molar refractivity (Wildman–Crippen MR) is 184 cm³/mol. The summed E-state index contributed by atoms with van der Waals surface area (Å²) >= 11 is 0. The largest absolute Gasteiger partial charge is 0.393 e. The van der Waals surface area contributed by atoms with Crippen LogP contribution in [-0.4, -0.2) is 21.4 Å². The van der Waals surface area contributed by atoms with Crippen LogP contribution in [0.3, 0.4) is 0 Å². The van der Waals surface area contributed by atoms with E-state index >= 15 is 0 Å². The van der Waals surface area contributed by atoms with Crippen molar-refractivity contribution in [1.29, 1.82) is 5.26 Å². The molecular weight excluding hydrogens is 578 g/mol. The molecule has 8 rings (SSSR count). The zero-order valence-electron chi connectivity index (χ0n) is 29.0. The van der Waals surface area contributed by atoms with Gasteiger partial charge in [0.15, 0.2) is 0 Å². The lowest BCUT2D eigenvalue weighted by Crippen LogP contribution is -2.63. The molecule has 5 saturated carbocycles. The van der Waals surface area contributed by atoms with Crippen LogP contribution >= 0.6 is 0 Å². The molecule has 0 bridgehead atoms. The number of nitriles is 1. The average molecular weight is 632 g/mol. The minimum Gasteiger partial charge on any atom is -0.393 e. The third-order valence-electron chi connectivity index (χ3n) is 15.3. The van der Waals surface area contributed by atoms with E-state index in [9.17, 15) is 5.11 Å². The highest BCUT2D eigenvalue weighted by molar-refractivity contribution is 5.55. The third kappa shape index (κ3) is 4.95. The Hall–Kier alpha value is -2.97. The molecule has 47 heavy (non-hydrogen) atoms. The molecule has 1 heterocycles. The van der Waals surface area contributed by atoms with Gasteiger partial charge in [-0.15, -0.1) is 0 Å². The maximum absolute atomic E-state index is 11.0. The summed E-state index contributed by atoms with van der Waals surface area (Å²) in [5, 5.41) is 24.5. The van der Waals surface area contributed by atoms with Crippen LogP contribution in [-0.2, 0) is 12.8 Å². The van der Waals surface area contributed by atoms with Crippen molar-refractivity contribution in [3.63, 3.8) is 0 Å². The molecular formula is C42H53N3O2. The lowest BCUT2D eigenvalue weighted by molar-refractivity contribution is -0.214. The number of nitrogens with zero attached hydrogens (tertiary/aromatic N) is 3. The highest BCUT2D eigenvalue weighted by atomic mass is 16.5. The first-order chi connectivity index (χ1) is 22.6. The third-order valence-corrected chi connectivity index (χ3v) is 15.3. The van der Waals surface area contributed by atoms with Gasteiger partial charge in [0.25, 0.3) is 0 Å². The van der Waals surface area contributed by atoms with Gasteiger partial charge in [0, 0.05) is 5.56 Å². The minimum absolute atomic E-state index is 0.0287. The van der Waals surface area contributed by atoms with Gasteiger partial charge >= 0.3 is 0 Å². The molecule has 1 aromatic heterocycles. The second-order valence-corrected chi connectivity index (χ2v) is 17.7. The molecule has 0 spiro atoms.